The normalized spacial score (nSPS) is 17.8. The highest BCUT2D eigenvalue weighted by molar-refractivity contribution is 7.99. The predicted octanol–water partition coefficient (Wildman–Crippen LogP) is 3.64. The number of carbonyl (C=O) groups is 1. The summed E-state index contributed by atoms with van der Waals surface area (Å²) >= 11 is 1.90. The van der Waals surface area contributed by atoms with Crippen molar-refractivity contribution in [2.75, 3.05) is 29.9 Å². The number of nitrogens with zero attached hydrogens (tertiary/aromatic N) is 3. The predicted molar refractivity (Wildman–Crippen MR) is 98.2 cm³/mol. The maximum absolute atomic E-state index is 12.7. The van der Waals surface area contributed by atoms with Crippen molar-refractivity contribution in [3.8, 4) is 5.69 Å². The van der Waals surface area contributed by atoms with Crippen LogP contribution in [-0.2, 0) is 0 Å². The van der Waals surface area contributed by atoms with E-state index in [1.807, 2.05) is 51.7 Å². The summed E-state index contributed by atoms with van der Waals surface area (Å²) in [6, 6.07) is 10.0. The number of urea groups is 1. The fourth-order valence-electron chi connectivity index (χ4n) is 3.11. The first-order chi connectivity index (χ1) is 11.7. The van der Waals surface area contributed by atoms with Gasteiger partial charge in [0.1, 0.15) is 5.82 Å². The maximum Gasteiger partial charge on any atom is 0.323 e. The Hall–Kier alpha value is -1.95. The fraction of sp³-hybridized carbons (Fsp3) is 0.444. The van der Waals surface area contributed by atoms with E-state index in [0.29, 0.717) is 5.92 Å². The largest absolute Gasteiger partial charge is 0.323 e. The van der Waals surface area contributed by atoms with Gasteiger partial charge in [0, 0.05) is 36.1 Å². The van der Waals surface area contributed by atoms with Crippen molar-refractivity contribution in [1.29, 1.82) is 0 Å². The Balaban J connectivity index is 1.66. The summed E-state index contributed by atoms with van der Waals surface area (Å²) in [6.45, 7) is 3.69. The van der Waals surface area contributed by atoms with Crippen molar-refractivity contribution in [1.82, 2.24) is 14.7 Å². The second-order valence-electron chi connectivity index (χ2n) is 6.41. The van der Waals surface area contributed by atoms with Gasteiger partial charge in [0.2, 0.25) is 0 Å². The van der Waals surface area contributed by atoms with Gasteiger partial charge in [0.25, 0.3) is 0 Å². The maximum atomic E-state index is 12.7. The van der Waals surface area contributed by atoms with Crippen LogP contribution < -0.4 is 5.32 Å². The molecule has 6 heteroatoms. The lowest BCUT2D eigenvalue weighted by molar-refractivity contribution is 0.217. The van der Waals surface area contributed by atoms with Crippen LogP contribution in [0, 0.1) is 6.92 Å². The Morgan fingerprint density at radius 1 is 1.21 bits per heavy atom. The first kappa shape index (κ1) is 15.6. The van der Waals surface area contributed by atoms with Gasteiger partial charge in [0.15, 0.2) is 0 Å². The zero-order valence-electron chi connectivity index (χ0n) is 13.9. The quantitative estimate of drug-likeness (QED) is 0.926. The molecule has 2 aliphatic rings. The molecule has 1 aliphatic heterocycles. The van der Waals surface area contributed by atoms with E-state index < -0.39 is 0 Å². The van der Waals surface area contributed by atoms with Gasteiger partial charge in [-0.05, 0) is 31.9 Å². The Morgan fingerprint density at radius 3 is 2.58 bits per heavy atom. The molecular weight excluding hydrogens is 320 g/mol. The SMILES string of the molecule is Cc1c(C2CC2)nn(-c2ccccc2)c1NC(=O)N1CCSCC1. The summed E-state index contributed by atoms with van der Waals surface area (Å²) in [5.41, 5.74) is 3.21. The van der Waals surface area contributed by atoms with Crippen LogP contribution in [0.1, 0.15) is 30.0 Å². The zero-order valence-corrected chi connectivity index (χ0v) is 14.7. The Labute approximate surface area is 146 Å². The molecule has 2 amide bonds. The number of anilines is 1. The lowest BCUT2D eigenvalue weighted by Gasteiger charge is -2.26. The summed E-state index contributed by atoms with van der Waals surface area (Å²) in [6.07, 6.45) is 2.40. The van der Waals surface area contributed by atoms with Crippen LogP contribution in [0.4, 0.5) is 10.6 Å². The van der Waals surface area contributed by atoms with E-state index in [0.717, 1.165) is 47.4 Å². The lowest BCUT2D eigenvalue weighted by Crippen LogP contribution is -2.41. The number of hydrogen-bond donors (Lipinski definition) is 1. The van der Waals surface area contributed by atoms with Gasteiger partial charge in [-0.25, -0.2) is 9.48 Å². The van der Waals surface area contributed by atoms with Crippen molar-refractivity contribution in [2.24, 2.45) is 0 Å². The minimum atomic E-state index is -0.0159. The van der Waals surface area contributed by atoms with Crippen LogP contribution in [0.2, 0.25) is 0 Å². The highest BCUT2D eigenvalue weighted by atomic mass is 32.2. The Morgan fingerprint density at radius 2 is 1.92 bits per heavy atom. The third-order valence-corrected chi connectivity index (χ3v) is 5.59. The van der Waals surface area contributed by atoms with Crippen LogP contribution in [0.25, 0.3) is 5.69 Å². The van der Waals surface area contributed by atoms with E-state index in [9.17, 15) is 4.79 Å². The summed E-state index contributed by atoms with van der Waals surface area (Å²) < 4.78 is 1.89. The number of para-hydroxylation sites is 1. The fourth-order valence-corrected chi connectivity index (χ4v) is 4.01. The molecule has 2 fully saturated rings. The van der Waals surface area contributed by atoms with Crippen molar-refractivity contribution in [3.05, 3.63) is 41.6 Å². The number of nitrogens with one attached hydrogen (secondary N) is 1. The number of rotatable bonds is 3. The third-order valence-electron chi connectivity index (χ3n) is 4.65. The number of hydrogen-bond acceptors (Lipinski definition) is 3. The van der Waals surface area contributed by atoms with Crippen LogP contribution in [0.3, 0.4) is 0 Å². The summed E-state index contributed by atoms with van der Waals surface area (Å²) in [5.74, 6) is 3.39. The van der Waals surface area contributed by atoms with Gasteiger partial charge in [-0.2, -0.15) is 16.9 Å². The average Bonchev–Trinajstić information content (AvgIpc) is 3.42. The highest BCUT2D eigenvalue weighted by Crippen LogP contribution is 2.43. The smallest absolute Gasteiger partial charge is 0.323 e. The molecule has 2 heterocycles. The van der Waals surface area contributed by atoms with Crippen LogP contribution in [0.5, 0.6) is 0 Å². The molecule has 1 aromatic carbocycles. The van der Waals surface area contributed by atoms with E-state index in [-0.39, 0.29) is 6.03 Å². The molecule has 0 radical (unpaired) electrons. The number of benzene rings is 1. The standard InChI is InChI=1S/C18H22N4OS/c1-13-16(14-7-8-14)20-22(15-5-3-2-4-6-15)17(13)19-18(23)21-9-11-24-12-10-21/h2-6,14H,7-12H2,1H3,(H,19,23). The van der Waals surface area contributed by atoms with Gasteiger partial charge in [-0.15, -0.1) is 0 Å². The molecule has 24 heavy (non-hydrogen) atoms. The lowest BCUT2D eigenvalue weighted by atomic mass is 10.2. The molecule has 1 saturated carbocycles. The highest BCUT2D eigenvalue weighted by Gasteiger charge is 2.31. The molecule has 0 unspecified atom stereocenters. The van der Waals surface area contributed by atoms with Crippen molar-refractivity contribution >= 4 is 23.6 Å². The first-order valence-electron chi connectivity index (χ1n) is 8.52. The van der Waals surface area contributed by atoms with Crippen LogP contribution >= 0.6 is 11.8 Å². The Kier molecular flexibility index (Phi) is 4.22. The molecule has 5 nitrogen and oxygen atoms in total. The van der Waals surface area contributed by atoms with Crippen molar-refractivity contribution in [2.45, 2.75) is 25.7 Å². The Bertz CT molecular complexity index is 733. The van der Waals surface area contributed by atoms with Crippen LogP contribution in [0.15, 0.2) is 30.3 Å². The monoisotopic (exact) mass is 342 g/mol. The number of carbonyl (C=O) groups excluding carboxylic acids is 1. The number of amides is 2. The van der Waals surface area contributed by atoms with E-state index in [1.54, 1.807) is 0 Å². The van der Waals surface area contributed by atoms with Gasteiger partial charge in [0.05, 0.1) is 11.4 Å². The van der Waals surface area contributed by atoms with Crippen LogP contribution in [-0.4, -0.2) is 45.3 Å². The molecule has 0 spiro atoms. The van der Waals surface area contributed by atoms with Crippen molar-refractivity contribution in [3.63, 3.8) is 0 Å². The van der Waals surface area contributed by atoms with E-state index in [2.05, 4.69) is 12.2 Å². The second kappa shape index (κ2) is 6.51. The number of thioether (sulfide) groups is 1. The molecule has 126 valence electrons. The van der Waals surface area contributed by atoms with E-state index >= 15 is 0 Å². The summed E-state index contributed by atoms with van der Waals surface area (Å²) in [7, 11) is 0. The molecule has 4 rings (SSSR count). The van der Waals surface area contributed by atoms with E-state index in [1.165, 1.54) is 12.8 Å². The van der Waals surface area contributed by atoms with E-state index in [4.69, 9.17) is 5.10 Å². The molecule has 0 bridgehead atoms. The molecular formula is C18H22N4OS. The molecule has 1 aromatic heterocycles. The first-order valence-corrected chi connectivity index (χ1v) is 9.68. The molecule has 0 atom stereocenters. The summed E-state index contributed by atoms with van der Waals surface area (Å²) in [4.78, 5) is 14.6. The summed E-state index contributed by atoms with van der Waals surface area (Å²) in [5, 5.41) is 7.95. The molecule has 1 N–H and O–H groups in total. The molecule has 1 saturated heterocycles. The number of aromatic nitrogens is 2. The average molecular weight is 342 g/mol. The van der Waals surface area contributed by atoms with Gasteiger partial charge in [-0.3, -0.25) is 5.32 Å². The minimum Gasteiger partial charge on any atom is -0.323 e. The zero-order chi connectivity index (χ0) is 16.5. The second-order valence-corrected chi connectivity index (χ2v) is 7.63. The van der Waals surface area contributed by atoms with Gasteiger partial charge in [-0.1, -0.05) is 18.2 Å². The minimum absolute atomic E-state index is 0.0159. The van der Waals surface area contributed by atoms with Crippen molar-refractivity contribution < 1.29 is 4.79 Å². The molecule has 1 aliphatic carbocycles. The third kappa shape index (κ3) is 3.02. The van der Waals surface area contributed by atoms with Gasteiger partial charge >= 0.3 is 6.03 Å². The molecule has 2 aromatic rings. The topological polar surface area (TPSA) is 50.2 Å². The van der Waals surface area contributed by atoms with Gasteiger partial charge < -0.3 is 4.90 Å².